The third-order valence-corrected chi connectivity index (χ3v) is 3.90. The van der Waals surface area contributed by atoms with E-state index in [-0.39, 0.29) is 17.0 Å². The molecule has 2 aliphatic rings. The minimum Gasteiger partial charge on any atom is -1.00 e. The Morgan fingerprint density at radius 2 is 1.42 bits per heavy atom. The topological polar surface area (TPSA) is 0 Å². The van der Waals surface area contributed by atoms with Crippen LogP contribution in [0.3, 0.4) is 0 Å². The van der Waals surface area contributed by atoms with Crippen LogP contribution in [-0.2, 0) is 17.1 Å². The van der Waals surface area contributed by atoms with Crippen LogP contribution in [0.2, 0.25) is 0 Å². The van der Waals surface area contributed by atoms with Crippen molar-refractivity contribution in [2.75, 3.05) is 0 Å². The number of hydrogen-bond donors (Lipinski definition) is 0. The Morgan fingerprint density at radius 3 is 1.75 bits per heavy atom. The van der Waals surface area contributed by atoms with Crippen LogP contribution in [0.5, 0.6) is 0 Å². The van der Waals surface area contributed by atoms with Gasteiger partial charge >= 0.3 is 74.8 Å². The number of allylic oxidation sites excluding steroid dienone is 8. The third-order valence-electron chi connectivity index (χ3n) is 1.63. The molecule has 66 valence electrons. The monoisotopic (exact) mass is 312 g/mol. The first-order chi connectivity index (χ1) is 5.45. The van der Waals surface area contributed by atoms with E-state index in [1.165, 1.54) is 12.8 Å². The van der Waals surface area contributed by atoms with Gasteiger partial charge in [-0.1, -0.05) is 0 Å². The molecule has 0 fully saturated rings. The molecular weight excluding hydrogens is 303 g/mol. The van der Waals surface area contributed by atoms with Crippen molar-refractivity contribution >= 4 is 0 Å². The van der Waals surface area contributed by atoms with Gasteiger partial charge in [0, 0.05) is 0 Å². The first-order valence-corrected chi connectivity index (χ1v) is 5.41. The Labute approximate surface area is 91.5 Å². The van der Waals surface area contributed by atoms with E-state index in [2.05, 4.69) is 36.5 Å². The van der Waals surface area contributed by atoms with Crippen molar-refractivity contribution in [1.29, 1.82) is 0 Å². The average molecular weight is 313 g/mol. The number of rotatable bonds is 2. The van der Waals surface area contributed by atoms with Gasteiger partial charge in [-0.2, -0.15) is 0 Å². The minimum absolute atomic E-state index is 0. The van der Waals surface area contributed by atoms with Crippen LogP contribution in [0.4, 0.5) is 0 Å². The Balaban J connectivity index is 0.000000720. The smallest absolute Gasteiger partial charge is 1.00 e. The second-order valence-corrected chi connectivity index (χ2v) is 5.03. The zero-order valence-electron chi connectivity index (χ0n) is 6.59. The molecule has 0 saturated heterocycles. The molecule has 0 aliphatic heterocycles. The van der Waals surface area contributed by atoms with Crippen LogP contribution in [0.15, 0.2) is 44.8 Å². The van der Waals surface area contributed by atoms with Crippen molar-refractivity contribution in [3.05, 3.63) is 44.8 Å². The minimum atomic E-state index is 0. The maximum Gasteiger partial charge on any atom is -1.00 e. The van der Waals surface area contributed by atoms with Gasteiger partial charge in [-0.25, -0.2) is 0 Å². The molecule has 0 unspecified atom stereocenters. The van der Waals surface area contributed by atoms with E-state index in [0.717, 1.165) is 0 Å². The molecule has 0 heterocycles. The maximum absolute atomic E-state index is 2.27. The summed E-state index contributed by atoms with van der Waals surface area (Å²) in [7, 11) is 0. The summed E-state index contributed by atoms with van der Waals surface area (Å²) in [5.74, 6) is 0. The summed E-state index contributed by atoms with van der Waals surface area (Å²) in [5.41, 5.74) is 0. The molecule has 0 bridgehead atoms. The first kappa shape index (κ1) is 10.1. The van der Waals surface area contributed by atoms with E-state index in [1.54, 1.807) is 8.33 Å². The summed E-state index contributed by atoms with van der Waals surface area (Å²) in [6.07, 6.45) is 15.7. The van der Waals surface area contributed by atoms with Crippen molar-refractivity contribution in [3.8, 4) is 0 Å². The van der Waals surface area contributed by atoms with Crippen molar-refractivity contribution < 1.29 is 34.1 Å². The van der Waals surface area contributed by atoms with E-state index < -0.39 is 0 Å². The Bertz CT molecular complexity index is 244. The normalized spacial score (nSPS) is 19.3. The predicted molar refractivity (Wildman–Crippen MR) is 43.7 cm³/mol. The molecule has 12 heavy (non-hydrogen) atoms. The molecule has 0 radical (unpaired) electrons. The second-order valence-electron chi connectivity index (χ2n) is 2.52. The van der Waals surface area contributed by atoms with Crippen molar-refractivity contribution in [3.63, 3.8) is 0 Å². The Morgan fingerprint density at radius 1 is 0.917 bits per heavy atom. The fourth-order valence-electron chi connectivity index (χ4n) is 1.08. The van der Waals surface area contributed by atoms with Crippen LogP contribution in [0.25, 0.3) is 0 Å². The van der Waals surface area contributed by atoms with E-state index in [4.69, 9.17) is 0 Å². The molecule has 0 aromatic carbocycles. The molecule has 0 spiro atoms. The molecule has 0 aromatic heterocycles. The fourth-order valence-corrected chi connectivity index (χ4v) is 3.07. The van der Waals surface area contributed by atoms with Gasteiger partial charge in [-0.3, -0.25) is 0 Å². The van der Waals surface area contributed by atoms with Gasteiger partial charge in [0.2, 0.25) is 0 Å². The predicted octanol–water partition coefficient (Wildman–Crippen LogP) is -0.240. The quantitative estimate of drug-likeness (QED) is 0.618. The van der Waals surface area contributed by atoms with Crippen LogP contribution in [-0.4, -0.2) is 0 Å². The van der Waals surface area contributed by atoms with Gasteiger partial charge in [0.1, 0.15) is 0 Å². The van der Waals surface area contributed by atoms with Crippen molar-refractivity contribution in [2.45, 2.75) is 12.8 Å². The van der Waals surface area contributed by atoms with Crippen molar-refractivity contribution in [2.24, 2.45) is 0 Å². The molecule has 0 atom stereocenters. The van der Waals surface area contributed by atoms with Gasteiger partial charge in [0.25, 0.3) is 0 Å². The van der Waals surface area contributed by atoms with Crippen LogP contribution in [0.1, 0.15) is 12.8 Å². The standard InChI is InChI=1S/2C5H5.BrH.Rh/c2*1-2-4-5-3-1;;/h2*1-3H,4H2;1H;/q;;;+1/p-1. The molecule has 2 aliphatic carbocycles. The van der Waals surface area contributed by atoms with Crippen LogP contribution >= 0.6 is 0 Å². The molecule has 0 nitrogen and oxygen atoms in total. The molecule has 0 saturated carbocycles. The summed E-state index contributed by atoms with van der Waals surface area (Å²) < 4.78 is 3.25. The molecule has 2 heteroatoms. The summed E-state index contributed by atoms with van der Waals surface area (Å²) in [6.45, 7) is 0. The number of halogens is 1. The molecule has 0 amide bonds. The van der Waals surface area contributed by atoms with Gasteiger partial charge < -0.3 is 17.0 Å². The zero-order chi connectivity index (χ0) is 7.52. The van der Waals surface area contributed by atoms with Gasteiger partial charge in [0.05, 0.1) is 0 Å². The summed E-state index contributed by atoms with van der Waals surface area (Å²) >= 11 is 0.566. The van der Waals surface area contributed by atoms with E-state index >= 15 is 0 Å². The first-order valence-electron chi connectivity index (χ1n) is 3.77. The summed E-state index contributed by atoms with van der Waals surface area (Å²) in [6, 6.07) is 0. The van der Waals surface area contributed by atoms with Crippen LogP contribution in [0, 0.1) is 0 Å². The van der Waals surface area contributed by atoms with E-state index in [1.807, 2.05) is 0 Å². The van der Waals surface area contributed by atoms with E-state index in [0.29, 0.717) is 17.1 Å². The Kier molecular flexibility index (Phi) is 4.17. The maximum atomic E-state index is 2.27. The molecule has 0 aromatic rings. The third kappa shape index (κ3) is 2.53. The van der Waals surface area contributed by atoms with Gasteiger partial charge in [0.15, 0.2) is 0 Å². The molecule has 0 N–H and O–H groups in total. The Hall–Kier alpha value is 0.0634. The zero-order valence-corrected chi connectivity index (χ0v) is 9.81. The second kappa shape index (κ2) is 4.94. The summed E-state index contributed by atoms with van der Waals surface area (Å²) in [4.78, 5) is 0. The van der Waals surface area contributed by atoms with Crippen molar-refractivity contribution in [1.82, 2.24) is 0 Å². The molecule has 2 rings (SSSR count). The van der Waals surface area contributed by atoms with E-state index in [9.17, 15) is 0 Å². The fraction of sp³-hybridized carbons (Fsp3) is 0.200. The SMILES string of the molecule is C1=CC[C]([Rh+][C]2=CC=CC2)=C1.[Br-]. The molecular formula is C10H10BrRh. The van der Waals surface area contributed by atoms with Crippen LogP contribution < -0.4 is 17.0 Å². The van der Waals surface area contributed by atoms with Gasteiger partial charge in [-0.15, -0.1) is 0 Å². The number of hydrogen-bond acceptors (Lipinski definition) is 0. The van der Waals surface area contributed by atoms with Gasteiger partial charge in [-0.05, 0) is 0 Å². The largest absolute Gasteiger partial charge is 1.00 e. The average Bonchev–Trinajstić information content (AvgIpc) is 2.60. The summed E-state index contributed by atoms with van der Waals surface area (Å²) in [5, 5.41) is 0.